The molecule has 0 bridgehead atoms. The second-order valence-corrected chi connectivity index (χ2v) is 13.3. The maximum atomic E-state index is 13.3. The normalized spacial score (nSPS) is 19.1. The molecule has 1 aliphatic carbocycles. The van der Waals surface area contributed by atoms with Crippen molar-refractivity contribution >= 4 is 54.7 Å². The number of piperazine rings is 1. The van der Waals surface area contributed by atoms with Crippen LogP contribution in [0, 0.1) is 16.0 Å². The van der Waals surface area contributed by atoms with Gasteiger partial charge in [-0.25, -0.2) is 18.4 Å². The first kappa shape index (κ1) is 25.3. The Hall–Kier alpha value is -2.34. The average molecular weight is 550 g/mol. The molecule has 9 nitrogen and oxygen atoms in total. The van der Waals surface area contributed by atoms with Crippen LogP contribution in [-0.2, 0) is 22.9 Å². The number of nitro benzene ring substituents is 1. The number of aromatic nitrogens is 2. The predicted octanol–water partition coefficient (Wildman–Crippen LogP) is 5.01. The van der Waals surface area contributed by atoms with Crippen LogP contribution in [0.15, 0.2) is 23.1 Å². The fourth-order valence-electron chi connectivity index (χ4n) is 4.91. The Morgan fingerprint density at radius 2 is 1.92 bits per heavy atom. The van der Waals surface area contributed by atoms with Crippen molar-refractivity contribution in [3.63, 3.8) is 0 Å². The van der Waals surface area contributed by atoms with Gasteiger partial charge >= 0.3 is 0 Å². The summed E-state index contributed by atoms with van der Waals surface area (Å²) in [7, 11) is -3.90. The number of fused-ring (bicyclic) bond motifs is 3. The number of halogens is 1. The maximum Gasteiger partial charge on any atom is 0.289 e. The molecule has 0 N–H and O–H groups in total. The van der Waals surface area contributed by atoms with Crippen molar-refractivity contribution < 1.29 is 13.3 Å². The van der Waals surface area contributed by atoms with Crippen molar-refractivity contribution in [1.29, 1.82) is 0 Å². The third-order valence-electron chi connectivity index (χ3n) is 6.96. The van der Waals surface area contributed by atoms with Gasteiger partial charge in [-0.15, -0.1) is 11.3 Å². The second-order valence-electron chi connectivity index (χ2n) is 9.85. The summed E-state index contributed by atoms with van der Waals surface area (Å²) in [6.45, 7) is 7.90. The van der Waals surface area contributed by atoms with Crippen molar-refractivity contribution in [3.8, 4) is 0 Å². The van der Waals surface area contributed by atoms with Crippen LogP contribution in [0.3, 0.4) is 0 Å². The summed E-state index contributed by atoms with van der Waals surface area (Å²) in [5.41, 5.74) is 0.930. The molecule has 0 amide bonds. The van der Waals surface area contributed by atoms with E-state index < -0.39 is 20.6 Å². The zero-order valence-corrected chi connectivity index (χ0v) is 22.8. The number of hydrogen-bond donors (Lipinski definition) is 0. The number of sulfonamides is 1. The highest BCUT2D eigenvalue weighted by Crippen LogP contribution is 2.42. The Labute approximate surface area is 219 Å². The highest BCUT2D eigenvalue weighted by molar-refractivity contribution is 7.89. The molecule has 2 aliphatic rings. The van der Waals surface area contributed by atoms with E-state index in [-0.39, 0.29) is 28.9 Å². The number of hydrogen-bond acceptors (Lipinski definition) is 8. The average Bonchev–Trinajstić information content (AvgIpc) is 3.20. The van der Waals surface area contributed by atoms with Gasteiger partial charge in [-0.3, -0.25) is 10.1 Å². The molecule has 12 heteroatoms. The largest absolute Gasteiger partial charge is 0.353 e. The molecule has 1 aromatic carbocycles. The number of nitrogens with zero attached hydrogens (tertiary/aromatic N) is 5. The first-order chi connectivity index (χ1) is 17.1. The Morgan fingerprint density at radius 1 is 1.19 bits per heavy atom. The zero-order chi connectivity index (χ0) is 25.8. The van der Waals surface area contributed by atoms with E-state index in [0.29, 0.717) is 19.0 Å². The van der Waals surface area contributed by atoms with Gasteiger partial charge < -0.3 is 4.90 Å². The third-order valence-corrected chi connectivity index (χ3v) is 10.3. The molecule has 1 atom stereocenters. The first-order valence-corrected chi connectivity index (χ1v) is 14.7. The van der Waals surface area contributed by atoms with Gasteiger partial charge in [-0.2, -0.15) is 4.31 Å². The Morgan fingerprint density at radius 3 is 2.58 bits per heavy atom. The molecule has 0 radical (unpaired) electrons. The van der Waals surface area contributed by atoms with Crippen LogP contribution in [0.2, 0.25) is 5.02 Å². The quantitative estimate of drug-likeness (QED) is 0.325. The third kappa shape index (κ3) is 4.46. The molecule has 2 aromatic heterocycles. The van der Waals surface area contributed by atoms with Crippen LogP contribution in [-0.4, -0.2) is 53.8 Å². The smallest absolute Gasteiger partial charge is 0.289 e. The molecular weight excluding hydrogens is 522 g/mol. The molecule has 36 heavy (non-hydrogen) atoms. The summed E-state index contributed by atoms with van der Waals surface area (Å²) in [5, 5.41) is 12.3. The lowest BCUT2D eigenvalue weighted by molar-refractivity contribution is -0.384. The Bertz CT molecular complexity index is 1450. The van der Waals surface area contributed by atoms with E-state index >= 15 is 0 Å². The Balaban J connectivity index is 1.45. The van der Waals surface area contributed by atoms with Crippen molar-refractivity contribution in [2.75, 3.05) is 31.1 Å². The van der Waals surface area contributed by atoms with Crippen LogP contribution in [0.25, 0.3) is 10.2 Å². The molecule has 1 fully saturated rings. The number of thiophene rings is 1. The topological polar surface area (TPSA) is 110 Å². The van der Waals surface area contributed by atoms with Gasteiger partial charge in [0.15, 0.2) is 0 Å². The minimum Gasteiger partial charge on any atom is -0.353 e. The number of rotatable bonds is 5. The van der Waals surface area contributed by atoms with Crippen LogP contribution in [0.5, 0.6) is 0 Å². The molecular formula is C24H28ClN5O4S2. The van der Waals surface area contributed by atoms with Crippen molar-refractivity contribution in [3.05, 3.63) is 49.6 Å². The van der Waals surface area contributed by atoms with Gasteiger partial charge in [-0.1, -0.05) is 32.4 Å². The minimum atomic E-state index is -3.90. The van der Waals surface area contributed by atoms with Crippen LogP contribution >= 0.6 is 22.9 Å². The molecule has 3 aromatic rings. The van der Waals surface area contributed by atoms with Crippen LogP contribution < -0.4 is 4.90 Å². The molecule has 5 rings (SSSR count). The zero-order valence-electron chi connectivity index (χ0n) is 20.4. The SMILES string of the molecule is CC(C)c1nc(N2CCN(S(=O)(=O)c3ccc(Cl)c([N+](=O)[O-])c3)CC2)c2c3c(sc2n1)C[C@@H](C)CC3. The highest BCUT2D eigenvalue weighted by Gasteiger charge is 2.33. The van der Waals surface area contributed by atoms with Gasteiger partial charge in [0.25, 0.3) is 5.69 Å². The predicted molar refractivity (Wildman–Crippen MR) is 142 cm³/mol. The first-order valence-electron chi connectivity index (χ1n) is 12.1. The van der Waals surface area contributed by atoms with E-state index in [1.807, 2.05) is 0 Å². The summed E-state index contributed by atoms with van der Waals surface area (Å²) >= 11 is 7.65. The number of aryl methyl sites for hydroxylation is 1. The van der Waals surface area contributed by atoms with Crippen molar-refractivity contribution in [2.24, 2.45) is 5.92 Å². The minimum absolute atomic E-state index is 0.0917. The van der Waals surface area contributed by atoms with Crippen molar-refractivity contribution in [2.45, 2.75) is 50.8 Å². The van der Waals surface area contributed by atoms with Gasteiger partial charge in [-0.05, 0) is 42.9 Å². The summed E-state index contributed by atoms with van der Waals surface area (Å²) in [6, 6.07) is 3.61. The molecule has 1 aliphatic heterocycles. The van der Waals surface area contributed by atoms with E-state index in [1.165, 1.54) is 26.9 Å². The van der Waals surface area contributed by atoms with E-state index in [1.54, 1.807) is 11.3 Å². The second kappa shape index (κ2) is 9.51. The summed E-state index contributed by atoms with van der Waals surface area (Å²) in [6.07, 6.45) is 3.22. The molecule has 1 saturated heterocycles. The maximum absolute atomic E-state index is 13.3. The monoisotopic (exact) mass is 549 g/mol. The highest BCUT2D eigenvalue weighted by atomic mass is 35.5. The lowest BCUT2D eigenvalue weighted by Gasteiger charge is -2.35. The van der Waals surface area contributed by atoms with E-state index in [9.17, 15) is 18.5 Å². The number of anilines is 1. The molecule has 0 unspecified atom stereocenters. The van der Waals surface area contributed by atoms with Gasteiger partial charge in [0, 0.05) is 43.0 Å². The van der Waals surface area contributed by atoms with E-state index in [0.717, 1.165) is 47.2 Å². The standard InChI is InChI=1S/C24H28ClN5O4S2/c1-14(2)22-26-23(21-17-6-4-15(3)12-20(17)35-24(21)27-22)28-8-10-29(11-9-28)36(33,34)16-5-7-18(25)19(13-16)30(31)32/h5,7,13-15H,4,6,8-12H2,1-3H3/t15-/m0/s1. The lowest BCUT2D eigenvalue weighted by atomic mass is 9.89. The van der Waals surface area contributed by atoms with Crippen LogP contribution in [0.1, 0.15) is 49.4 Å². The summed E-state index contributed by atoms with van der Waals surface area (Å²) < 4.78 is 27.9. The fraction of sp³-hybridized carbons (Fsp3) is 0.500. The van der Waals surface area contributed by atoms with Gasteiger partial charge in [0.1, 0.15) is 21.5 Å². The molecule has 0 spiro atoms. The van der Waals surface area contributed by atoms with Gasteiger partial charge in [0.2, 0.25) is 10.0 Å². The summed E-state index contributed by atoms with van der Waals surface area (Å²) in [5.74, 6) is 2.53. The fourth-order valence-corrected chi connectivity index (χ4v) is 7.92. The molecule has 0 saturated carbocycles. The lowest BCUT2D eigenvalue weighted by Crippen LogP contribution is -2.49. The van der Waals surface area contributed by atoms with E-state index in [4.69, 9.17) is 21.6 Å². The number of nitro groups is 1. The van der Waals surface area contributed by atoms with Crippen molar-refractivity contribution in [1.82, 2.24) is 14.3 Å². The van der Waals surface area contributed by atoms with Gasteiger partial charge in [0.05, 0.1) is 15.2 Å². The number of benzene rings is 1. The molecule has 3 heterocycles. The van der Waals surface area contributed by atoms with E-state index in [2.05, 4.69) is 25.7 Å². The van der Waals surface area contributed by atoms with Crippen LogP contribution in [0.4, 0.5) is 11.5 Å². The summed E-state index contributed by atoms with van der Waals surface area (Å²) in [4.78, 5) is 24.9. The Kier molecular flexibility index (Phi) is 6.69. The molecule has 192 valence electrons.